The van der Waals surface area contributed by atoms with Crippen LogP contribution >= 0.6 is 0 Å². The van der Waals surface area contributed by atoms with Gasteiger partial charge in [0, 0.05) is 29.8 Å². The number of rotatable bonds is 18. The number of hydrogen-bond donors (Lipinski definition) is 6. The van der Waals surface area contributed by atoms with Crippen LogP contribution in [0.2, 0.25) is 0 Å². The molecule has 67 heavy (non-hydrogen) atoms. The molecule has 0 aromatic heterocycles. The number of hydrogen-bond acceptors (Lipinski definition) is 11. The predicted molar refractivity (Wildman–Crippen MR) is 259 cm³/mol. The zero-order chi connectivity index (χ0) is 49.1. The van der Waals surface area contributed by atoms with Gasteiger partial charge in [-0.2, -0.15) is 21.9 Å². The lowest BCUT2D eigenvalue weighted by molar-refractivity contribution is -0.114. The Hall–Kier alpha value is -6.40. The molecule has 0 fully saturated rings. The van der Waals surface area contributed by atoms with E-state index in [0.29, 0.717) is 37.8 Å². The third kappa shape index (κ3) is 11.4. The Morgan fingerprint density at radius 3 is 2.04 bits per heavy atom. The smallest absolute Gasteiger partial charge is 0.296 e. The zero-order valence-corrected chi connectivity index (χ0v) is 40.1. The normalized spacial score (nSPS) is 12.5. The zero-order valence-electron chi connectivity index (χ0n) is 38.5. The van der Waals surface area contributed by atoms with E-state index in [1.165, 1.54) is 11.1 Å². The van der Waals surface area contributed by atoms with E-state index >= 15 is 0 Å². The predicted octanol–water partition coefficient (Wildman–Crippen LogP) is 10.8. The maximum absolute atomic E-state index is 13.6. The van der Waals surface area contributed by atoms with Gasteiger partial charge in [0.1, 0.15) is 22.1 Å². The van der Waals surface area contributed by atoms with Crippen LogP contribution in [-0.4, -0.2) is 61.1 Å². The number of ether oxygens (including phenoxy) is 1. The summed E-state index contributed by atoms with van der Waals surface area (Å²) in [5.41, 5.74) is 3.31. The molecule has 0 heterocycles. The van der Waals surface area contributed by atoms with Crippen LogP contribution in [0.4, 0.5) is 17.1 Å². The van der Waals surface area contributed by atoms with Gasteiger partial charge in [0.2, 0.25) is 5.91 Å². The highest BCUT2D eigenvalue weighted by atomic mass is 32.2. The Labute approximate surface area is 390 Å². The molecule has 2 amide bonds. The fourth-order valence-corrected chi connectivity index (χ4v) is 8.86. The molecule has 0 saturated carbocycles. The minimum atomic E-state index is -5.10. The Balaban J connectivity index is 1.17. The first-order valence-electron chi connectivity index (χ1n) is 21.8. The van der Waals surface area contributed by atoms with Crippen LogP contribution in [0.3, 0.4) is 0 Å². The number of nitrogens with zero attached hydrogens (tertiary/aromatic N) is 2. The van der Waals surface area contributed by atoms with Crippen molar-refractivity contribution >= 4 is 70.7 Å². The standard InChI is InChI=1S/C50H56N4O11S2/c1-8-49(4,5)34-18-21-42(40(28-34)50(6,7)9-2)65-23-13-12-22-51-48(58)39-26-32(37-14-10-11-15-38(37)46(39)56)24-31-16-19-35(20-17-31)53-54-45-43(67(62,63)64)27-33-25-36(66(59,60)61)29-41(52-30(3)55)44(33)47(45)57/h10-11,14-21,25-29,56-57H,8-9,12-13,22-24H2,1-7H3,(H,51,58)(H,52,55)(H,59,60,61)(H,62,63,64). The fourth-order valence-electron chi connectivity index (χ4n) is 7.66. The van der Waals surface area contributed by atoms with E-state index in [4.69, 9.17) is 4.74 Å². The van der Waals surface area contributed by atoms with E-state index in [0.717, 1.165) is 60.2 Å². The van der Waals surface area contributed by atoms with Gasteiger partial charge in [0.15, 0.2) is 5.75 Å². The summed E-state index contributed by atoms with van der Waals surface area (Å²) in [6, 6.07) is 24.5. The van der Waals surface area contributed by atoms with Crippen molar-refractivity contribution < 1.29 is 50.5 Å². The number of phenols is 2. The number of carbonyl (C=O) groups excluding carboxylic acids is 2. The molecule has 17 heteroatoms. The highest BCUT2D eigenvalue weighted by Gasteiger charge is 2.28. The molecule has 354 valence electrons. The average Bonchev–Trinajstić information content (AvgIpc) is 3.27. The molecule has 0 radical (unpaired) electrons. The first kappa shape index (κ1) is 50.0. The van der Waals surface area contributed by atoms with Crippen molar-refractivity contribution in [3.8, 4) is 17.2 Å². The van der Waals surface area contributed by atoms with E-state index in [2.05, 4.69) is 80.6 Å². The minimum Gasteiger partial charge on any atom is -0.506 e. The summed E-state index contributed by atoms with van der Waals surface area (Å²) in [6.45, 7) is 15.3. The van der Waals surface area contributed by atoms with Crippen molar-refractivity contribution in [3.63, 3.8) is 0 Å². The molecule has 0 atom stereocenters. The summed E-state index contributed by atoms with van der Waals surface area (Å²) >= 11 is 0. The molecule has 0 aliphatic rings. The molecule has 6 N–H and O–H groups in total. The molecule has 15 nitrogen and oxygen atoms in total. The summed E-state index contributed by atoms with van der Waals surface area (Å²) < 4.78 is 74.9. The highest BCUT2D eigenvalue weighted by molar-refractivity contribution is 7.86. The number of anilines is 1. The number of azo groups is 1. The van der Waals surface area contributed by atoms with E-state index in [9.17, 15) is 45.7 Å². The van der Waals surface area contributed by atoms with Crippen LogP contribution in [0, 0.1) is 0 Å². The van der Waals surface area contributed by atoms with Crippen LogP contribution in [-0.2, 0) is 42.3 Å². The Kier molecular flexibility index (Phi) is 14.8. The number of benzene rings is 6. The maximum atomic E-state index is 13.6. The van der Waals surface area contributed by atoms with Gasteiger partial charge in [-0.1, -0.05) is 90.1 Å². The van der Waals surface area contributed by atoms with Gasteiger partial charge >= 0.3 is 0 Å². The van der Waals surface area contributed by atoms with Crippen molar-refractivity contribution in [1.29, 1.82) is 0 Å². The third-order valence-electron chi connectivity index (χ3n) is 12.3. The summed E-state index contributed by atoms with van der Waals surface area (Å²) in [7, 11) is -9.96. The van der Waals surface area contributed by atoms with Crippen LogP contribution in [0.1, 0.15) is 107 Å². The van der Waals surface area contributed by atoms with Crippen molar-refractivity contribution in [2.75, 3.05) is 18.5 Å². The van der Waals surface area contributed by atoms with E-state index < -0.39 is 53.3 Å². The van der Waals surface area contributed by atoms with Crippen LogP contribution in [0.15, 0.2) is 111 Å². The lowest BCUT2D eigenvalue weighted by Gasteiger charge is -2.30. The van der Waals surface area contributed by atoms with Gasteiger partial charge in [-0.25, -0.2) is 0 Å². The van der Waals surface area contributed by atoms with E-state index in [1.807, 2.05) is 12.1 Å². The molecule has 0 saturated heterocycles. The molecule has 0 unspecified atom stereocenters. The topological polar surface area (TPSA) is 241 Å². The quantitative estimate of drug-likeness (QED) is 0.0269. The summed E-state index contributed by atoms with van der Waals surface area (Å²) in [5.74, 6) is -1.23. The number of unbranched alkanes of at least 4 members (excludes halogenated alkanes) is 1. The van der Waals surface area contributed by atoms with Crippen molar-refractivity contribution in [2.45, 2.75) is 101 Å². The molecule has 0 bridgehead atoms. The molecule has 6 rings (SSSR count). The lowest BCUT2D eigenvalue weighted by atomic mass is 9.76. The van der Waals surface area contributed by atoms with Crippen molar-refractivity contribution in [2.24, 2.45) is 10.2 Å². The van der Waals surface area contributed by atoms with Gasteiger partial charge in [-0.15, -0.1) is 5.11 Å². The number of nitrogens with one attached hydrogen (secondary N) is 2. The molecular formula is C50H56N4O11S2. The van der Waals surface area contributed by atoms with Gasteiger partial charge in [-0.3, -0.25) is 18.7 Å². The Bertz CT molecular complexity index is 3130. The van der Waals surface area contributed by atoms with E-state index in [1.54, 1.807) is 42.5 Å². The summed E-state index contributed by atoms with van der Waals surface area (Å²) in [4.78, 5) is 23.9. The maximum Gasteiger partial charge on any atom is 0.296 e. The number of phenolic OH excluding ortho intramolecular Hbond substituents is 2. The highest BCUT2D eigenvalue weighted by Crippen LogP contribution is 2.45. The van der Waals surface area contributed by atoms with Gasteiger partial charge in [0.05, 0.1) is 28.4 Å². The fraction of sp³-hybridized carbons (Fsp3) is 0.320. The van der Waals surface area contributed by atoms with Gasteiger partial charge < -0.3 is 25.6 Å². The second-order valence-electron chi connectivity index (χ2n) is 17.8. The molecule has 6 aromatic carbocycles. The number of amides is 2. The third-order valence-corrected chi connectivity index (χ3v) is 14.0. The molecule has 0 aliphatic carbocycles. The molecule has 6 aromatic rings. The first-order chi connectivity index (χ1) is 31.4. The second-order valence-corrected chi connectivity index (χ2v) is 20.6. The Morgan fingerprint density at radius 2 is 1.42 bits per heavy atom. The number of aromatic hydroxyl groups is 2. The monoisotopic (exact) mass is 952 g/mol. The van der Waals surface area contributed by atoms with Gasteiger partial charge in [-0.05, 0) is 113 Å². The second kappa shape index (κ2) is 19.8. The van der Waals surface area contributed by atoms with E-state index in [-0.39, 0.29) is 44.3 Å². The summed E-state index contributed by atoms with van der Waals surface area (Å²) in [6.07, 6.45) is 3.66. The van der Waals surface area contributed by atoms with Crippen molar-refractivity contribution in [3.05, 3.63) is 119 Å². The first-order valence-corrected chi connectivity index (χ1v) is 24.7. The Morgan fingerprint density at radius 1 is 0.746 bits per heavy atom. The molecule has 0 spiro atoms. The van der Waals surface area contributed by atoms with Crippen LogP contribution in [0.25, 0.3) is 21.5 Å². The van der Waals surface area contributed by atoms with Crippen LogP contribution in [0.5, 0.6) is 17.2 Å². The number of fused-ring (bicyclic) bond motifs is 2. The summed E-state index contributed by atoms with van der Waals surface area (Å²) in [5, 5.41) is 36.6. The van der Waals surface area contributed by atoms with Crippen LogP contribution < -0.4 is 15.4 Å². The number of carbonyl (C=O) groups is 2. The molecular weight excluding hydrogens is 897 g/mol. The lowest BCUT2D eigenvalue weighted by Crippen LogP contribution is -2.25. The average molecular weight is 953 g/mol. The van der Waals surface area contributed by atoms with Gasteiger partial charge in [0.25, 0.3) is 26.1 Å². The minimum absolute atomic E-state index is 0.0487. The molecule has 0 aliphatic heterocycles. The SMILES string of the molecule is CCC(C)(C)c1ccc(OCCCCNC(=O)c2cc(Cc3ccc(N=Nc4c(S(=O)(=O)O)cc5cc(S(=O)(=O)O)cc(NC(C)=O)c5c4O)cc3)c3ccccc3c2O)c(C(C)(C)CC)c1. The largest absolute Gasteiger partial charge is 0.506 e. The van der Waals surface area contributed by atoms with Crippen molar-refractivity contribution in [1.82, 2.24) is 5.32 Å².